The SMILES string of the molecule is N=C(N)CC(C(=O)O)c1ccc2cc(CC(C(=O)O)c3ccc(O[C@H]4CCNC4)cc3)[nH]c2c1. The number of aliphatic carboxylic acids is 2. The molecule has 1 saturated heterocycles. The lowest BCUT2D eigenvalue weighted by molar-refractivity contribution is -0.139. The van der Waals surface area contributed by atoms with Gasteiger partial charge in [0.15, 0.2) is 0 Å². The third-order valence-corrected chi connectivity index (χ3v) is 6.15. The van der Waals surface area contributed by atoms with Crippen molar-refractivity contribution < 1.29 is 24.5 Å². The first kappa shape index (κ1) is 23.3. The van der Waals surface area contributed by atoms with Gasteiger partial charge in [0.25, 0.3) is 0 Å². The van der Waals surface area contributed by atoms with E-state index in [1.54, 1.807) is 30.3 Å². The minimum atomic E-state index is -1.05. The average Bonchev–Trinajstić information content (AvgIpc) is 3.45. The van der Waals surface area contributed by atoms with Gasteiger partial charge in [-0.15, -0.1) is 0 Å². The zero-order chi connectivity index (χ0) is 24.2. The van der Waals surface area contributed by atoms with Crippen LogP contribution >= 0.6 is 0 Å². The van der Waals surface area contributed by atoms with Crippen molar-refractivity contribution in [2.45, 2.75) is 37.2 Å². The zero-order valence-electron chi connectivity index (χ0n) is 18.6. The summed E-state index contributed by atoms with van der Waals surface area (Å²) in [5, 5.41) is 30.9. The van der Waals surface area contributed by atoms with Crippen LogP contribution in [0.25, 0.3) is 10.9 Å². The van der Waals surface area contributed by atoms with E-state index in [1.165, 1.54) is 0 Å². The van der Waals surface area contributed by atoms with Crippen LogP contribution in [0.1, 0.15) is 41.5 Å². The van der Waals surface area contributed by atoms with Gasteiger partial charge in [0, 0.05) is 30.6 Å². The van der Waals surface area contributed by atoms with Crippen molar-refractivity contribution in [3.05, 3.63) is 65.4 Å². The van der Waals surface area contributed by atoms with Crippen LogP contribution in [0.2, 0.25) is 0 Å². The Morgan fingerprint density at radius 3 is 2.38 bits per heavy atom. The fourth-order valence-electron chi connectivity index (χ4n) is 4.37. The lowest BCUT2D eigenvalue weighted by Crippen LogP contribution is -2.20. The van der Waals surface area contributed by atoms with Crippen molar-refractivity contribution in [3.63, 3.8) is 0 Å². The van der Waals surface area contributed by atoms with Crippen LogP contribution in [0.3, 0.4) is 0 Å². The van der Waals surface area contributed by atoms with Gasteiger partial charge in [-0.25, -0.2) is 0 Å². The zero-order valence-corrected chi connectivity index (χ0v) is 18.6. The number of benzene rings is 2. The second-order valence-electron chi connectivity index (χ2n) is 8.66. The molecule has 9 heteroatoms. The van der Waals surface area contributed by atoms with E-state index in [2.05, 4.69) is 10.3 Å². The molecule has 2 heterocycles. The van der Waals surface area contributed by atoms with Crippen molar-refractivity contribution in [1.29, 1.82) is 5.41 Å². The first-order valence-electron chi connectivity index (χ1n) is 11.2. The standard InChI is InChI=1S/C25H28N4O5/c26-23(27)12-21(25(32)33)15-1-2-16-9-17(29-22(16)10-15)11-20(24(30)31)14-3-5-18(6-4-14)34-19-7-8-28-13-19/h1-6,9-10,19-21,28-29H,7-8,11-13H2,(H3,26,27)(H,30,31)(H,32,33)/t19-,20?,21?/m0/s1. The van der Waals surface area contributed by atoms with Crippen LogP contribution < -0.4 is 15.8 Å². The van der Waals surface area contributed by atoms with Gasteiger partial charge in [0.2, 0.25) is 0 Å². The van der Waals surface area contributed by atoms with E-state index >= 15 is 0 Å². The number of rotatable bonds is 10. The summed E-state index contributed by atoms with van der Waals surface area (Å²) >= 11 is 0. The second-order valence-corrected chi connectivity index (χ2v) is 8.66. The van der Waals surface area contributed by atoms with Gasteiger partial charge in [-0.05, 0) is 53.7 Å². The average molecular weight is 465 g/mol. The second kappa shape index (κ2) is 9.96. The van der Waals surface area contributed by atoms with E-state index in [9.17, 15) is 19.8 Å². The van der Waals surface area contributed by atoms with E-state index in [1.807, 2.05) is 18.2 Å². The summed E-state index contributed by atoms with van der Waals surface area (Å²) in [6.07, 6.45) is 1.26. The molecule has 1 aliphatic heterocycles. The van der Waals surface area contributed by atoms with Crippen LogP contribution in [-0.2, 0) is 16.0 Å². The maximum Gasteiger partial charge on any atom is 0.311 e. The normalized spacial score (nSPS) is 17.4. The summed E-state index contributed by atoms with van der Waals surface area (Å²) in [7, 11) is 0. The number of hydrogen-bond donors (Lipinski definition) is 6. The van der Waals surface area contributed by atoms with Gasteiger partial charge < -0.3 is 31.0 Å². The van der Waals surface area contributed by atoms with Gasteiger partial charge in [-0.1, -0.05) is 24.3 Å². The predicted octanol–water partition coefficient (Wildman–Crippen LogP) is 2.81. The van der Waals surface area contributed by atoms with Crippen LogP contribution in [-0.4, -0.2) is 52.2 Å². The summed E-state index contributed by atoms with van der Waals surface area (Å²) in [5.74, 6) is -3.12. The van der Waals surface area contributed by atoms with Crippen LogP contribution in [0, 0.1) is 5.41 Å². The summed E-state index contributed by atoms with van der Waals surface area (Å²) in [5.41, 5.74) is 8.07. The van der Waals surface area contributed by atoms with E-state index in [0.717, 1.165) is 36.3 Å². The number of H-pyrrole nitrogens is 1. The third kappa shape index (κ3) is 5.37. The summed E-state index contributed by atoms with van der Waals surface area (Å²) in [6, 6.07) is 14.3. The molecule has 34 heavy (non-hydrogen) atoms. The number of carbonyl (C=O) groups is 2. The monoisotopic (exact) mass is 464 g/mol. The van der Waals surface area contributed by atoms with Gasteiger partial charge in [-0.2, -0.15) is 0 Å². The van der Waals surface area contributed by atoms with Gasteiger partial charge in [0.05, 0.1) is 17.7 Å². The number of ether oxygens (including phenoxy) is 1. The van der Waals surface area contributed by atoms with Gasteiger partial charge in [0.1, 0.15) is 11.9 Å². The molecule has 3 atom stereocenters. The molecule has 7 N–H and O–H groups in total. The molecule has 1 fully saturated rings. The molecule has 4 rings (SSSR count). The lowest BCUT2D eigenvalue weighted by Gasteiger charge is -2.15. The number of aromatic nitrogens is 1. The molecule has 0 radical (unpaired) electrons. The molecule has 178 valence electrons. The molecular weight excluding hydrogens is 436 g/mol. The highest BCUT2D eigenvalue weighted by Gasteiger charge is 2.24. The largest absolute Gasteiger partial charge is 0.489 e. The highest BCUT2D eigenvalue weighted by atomic mass is 16.5. The first-order valence-corrected chi connectivity index (χ1v) is 11.2. The molecule has 2 unspecified atom stereocenters. The van der Waals surface area contributed by atoms with Crippen LogP contribution in [0.15, 0.2) is 48.5 Å². The Balaban J connectivity index is 1.52. The smallest absolute Gasteiger partial charge is 0.311 e. The summed E-state index contributed by atoms with van der Waals surface area (Å²) in [4.78, 5) is 26.9. The highest BCUT2D eigenvalue weighted by Crippen LogP contribution is 2.28. The Morgan fingerprint density at radius 2 is 1.76 bits per heavy atom. The number of carboxylic acids is 2. The molecule has 0 spiro atoms. The Bertz CT molecular complexity index is 1200. The summed E-state index contributed by atoms with van der Waals surface area (Å²) < 4.78 is 5.92. The van der Waals surface area contributed by atoms with Crippen molar-refractivity contribution in [1.82, 2.24) is 10.3 Å². The van der Waals surface area contributed by atoms with Crippen molar-refractivity contribution in [3.8, 4) is 5.75 Å². The minimum absolute atomic E-state index is 0.0769. The number of amidine groups is 1. The Labute approximate surface area is 196 Å². The number of nitrogens with one attached hydrogen (secondary N) is 3. The van der Waals surface area contributed by atoms with E-state index < -0.39 is 23.8 Å². The van der Waals surface area contributed by atoms with Crippen molar-refractivity contribution in [2.24, 2.45) is 5.73 Å². The molecule has 3 aromatic rings. The molecule has 9 nitrogen and oxygen atoms in total. The van der Waals surface area contributed by atoms with Gasteiger partial charge >= 0.3 is 11.9 Å². The molecule has 1 aromatic heterocycles. The van der Waals surface area contributed by atoms with Crippen LogP contribution in [0.5, 0.6) is 5.75 Å². The molecule has 0 aliphatic carbocycles. The predicted molar refractivity (Wildman–Crippen MR) is 128 cm³/mol. The first-order chi connectivity index (χ1) is 16.3. The minimum Gasteiger partial charge on any atom is -0.489 e. The maximum absolute atomic E-state index is 12.1. The third-order valence-electron chi connectivity index (χ3n) is 6.15. The van der Waals surface area contributed by atoms with Crippen molar-refractivity contribution in [2.75, 3.05) is 13.1 Å². The van der Waals surface area contributed by atoms with E-state index in [4.69, 9.17) is 15.9 Å². The Morgan fingerprint density at radius 1 is 1.06 bits per heavy atom. The number of fused-ring (bicyclic) bond motifs is 1. The molecule has 1 aliphatic rings. The summed E-state index contributed by atoms with van der Waals surface area (Å²) in [6.45, 7) is 1.74. The quantitative estimate of drug-likeness (QED) is 0.199. The molecular formula is C25H28N4O5. The Hall–Kier alpha value is -3.85. The molecule has 0 saturated carbocycles. The number of aromatic amines is 1. The van der Waals surface area contributed by atoms with Crippen LogP contribution in [0.4, 0.5) is 0 Å². The molecule has 2 aromatic carbocycles. The lowest BCUT2D eigenvalue weighted by atomic mass is 9.94. The Kier molecular flexibility index (Phi) is 6.83. The number of nitrogens with two attached hydrogens (primary N) is 1. The number of carboxylic acid groups (broad SMARTS) is 2. The number of hydrogen-bond acceptors (Lipinski definition) is 5. The van der Waals surface area contributed by atoms with E-state index in [0.29, 0.717) is 16.6 Å². The molecule has 0 bridgehead atoms. The highest BCUT2D eigenvalue weighted by molar-refractivity contribution is 5.88. The fourth-order valence-corrected chi connectivity index (χ4v) is 4.37. The topological polar surface area (TPSA) is 162 Å². The fraction of sp³-hybridized carbons (Fsp3) is 0.320. The van der Waals surface area contributed by atoms with Gasteiger partial charge in [-0.3, -0.25) is 15.0 Å². The van der Waals surface area contributed by atoms with Crippen molar-refractivity contribution >= 4 is 28.7 Å². The maximum atomic E-state index is 12.1. The van der Waals surface area contributed by atoms with E-state index in [-0.39, 0.29) is 24.8 Å². The molecule has 0 amide bonds.